The molecule has 2 aromatic heterocycles. The van der Waals surface area contributed by atoms with Crippen molar-refractivity contribution in [3.05, 3.63) is 47.8 Å². The first kappa shape index (κ1) is 15.9. The summed E-state index contributed by atoms with van der Waals surface area (Å²) in [6.07, 6.45) is 6.43. The fourth-order valence-electron chi connectivity index (χ4n) is 3.69. The van der Waals surface area contributed by atoms with Crippen LogP contribution in [0.5, 0.6) is 0 Å². The molecule has 0 spiro atoms. The maximum absolute atomic E-state index is 12.9. The zero-order valence-corrected chi connectivity index (χ0v) is 14.7. The number of fused-ring (bicyclic) bond motifs is 1. The highest BCUT2D eigenvalue weighted by molar-refractivity contribution is 5.78. The molecule has 1 aliphatic heterocycles. The van der Waals surface area contributed by atoms with E-state index in [1.54, 1.807) is 6.20 Å². The Balaban J connectivity index is 1.57. The van der Waals surface area contributed by atoms with Gasteiger partial charge in [-0.05, 0) is 37.5 Å². The molecular formula is C19H23N5O. The number of hydrogen-bond donors (Lipinski definition) is 1. The molecule has 1 atom stereocenters. The van der Waals surface area contributed by atoms with Crippen molar-refractivity contribution < 1.29 is 4.79 Å². The lowest BCUT2D eigenvalue weighted by molar-refractivity contribution is -0.132. The highest BCUT2D eigenvalue weighted by Gasteiger charge is 2.32. The third-order valence-corrected chi connectivity index (χ3v) is 4.97. The van der Waals surface area contributed by atoms with Crippen molar-refractivity contribution in [2.24, 2.45) is 0 Å². The van der Waals surface area contributed by atoms with E-state index in [0.29, 0.717) is 6.54 Å². The molecule has 4 rings (SSSR count). The maximum Gasteiger partial charge on any atom is 0.243 e. The Kier molecular flexibility index (Phi) is 4.03. The van der Waals surface area contributed by atoms with Crippen LogP contribution in [0.4, 0.5) is 0 Å². The topological polar surface area (TPSA) is 66.8 Å². The number of aryl methyl sites for hydroxylation is 2. The zero-order valence-electron chi connectivity index (χ0n) is 14.7. The summed E-state index contributed by atoms with van der Waals surface area (Å²) in [7, 11) is 0. The third kappa shape index (κ3) is 2.92. The molecule has 0 bridgehead atoms. The minimum absolute atomic E-state index is 0.0359. The van der Waals surface area contributed by atoms with Gasteiger partial charge in [0.1, 0.15) is 18.2 Å². The van der Waals surface area contributed by atoms with Gasteiger partial charge in [0.25, 0.3) is 0 Å². The largest absolute Gasteiger partial charge is 0.340 e. The predicted molar refractivity (Wildman–Crippen MR) is 96.1 cm³/mol. The van der Waals surface area contributed by atoms with Gasteiger partial charge >= 0.3 is 0 Å². The molecule has 0 radical (unpaired) electrons. The predicted octanol–water partition coefficient (Wildman–Crippen LogP) is 2.99. The Labute approximate surface area is 146 Å². The second-order valence-corrected chi connectivity index (χ2v) is 6.71. The van der Waals surface area contributed by atoms with Crippen molar-refractivity contribution >= 4 is 16.9 Å². The fraction of sp³-hybridized carbons (Fsp3) is 0.421. The van der Waals surface area contributed by atoms with Crippen LogP contribution in [0.1, 0.15) is 43.0 Å². The molecule has 1 saturated heterocycles. The summed E-state index contributed by atoms with van der Waals surface area (Å²) in [6, 6.07) is 6.24. The van der Waals surface area contributed by atoms with Crippen LogP contribution in [0.2, 0.25) is 0 Å². The monoisotopic (exact) mass is 337 g/mol. The highest BCUT2D eigenvalue weighted by Crippen LogP contribution is 2.31. The number of hydrogen-bond acceptors (Lipinski definition) is 3. The molecule has 3 heterocycles. The summed E-state index contributed by atoms with van der Waals surface area (Å²) < 4.78 is 1.94. The van der Waals surface area contributed by atoms with Crippen molar-refractivity contribution in [1.82, 2.24) is 24.4 Å². The number of rotatable bonds is 4. The first-order valence-electron chi connectivity index (χ1n) is 8.91. The summed E-state index contributed by atoms with van der Waals surface area (Å²) in [5.74, 6) is 1.97. The van der Waals surface area contributed by atoms with Crippen LogP contribution in [0.25, 0.3) is 11.0 Å². The van der Waals surface area contributed by atoms with Gasteiger partial charge in [-0.2, -0.15) is 0 Å². The lowest BCUT2D eigenvalue weighted by atomic mass is 10.2. The number of likely N-dealkylation sites (tertiary alicyclic amines) is 1. The second kappa shape index (κ2) is 6.35. The normalized spacial score (nSPS) is 17.5. The molecule has 1 aromatic carbocycles. The van der Waals surface area contributed by atoms with Gasteiger partial charge in [-0.25, -0.2) is 9.97 Å². The minimum atomic E-state index is 0.0359. The van der Waals surface area contributed by atoms with E-state index in [0.717, 1.165) is 48.5 Å². The van der Waals surface area contributed by atoms with Gasteiger partial charge in [0.2, 0.25) is 5.91 Å². The van der Waals surface area contributed by atoms with E-state index in [9.17, 15) is 4.79 Å². The van der Waals surface area contributed by atoms with Crippen LogP contribution in [0.15, 0.2) is 30.6 Å². The Morgan fingerprint density at radius 2 is 2.28 bits per heavy atom. The van der Waals surface area contributed by atoms with Gasteiger partial charge in [-0.1, -0.05) is 13.0 Å². The summed E-state index contributed by atoms with van der Waals surface area (Å²) in [6.45, 7) is 5.26. The summed E-state index contributed by atoms with van der Waals surface area (Å²) in [4.78, 5) is 27.3. The van der Waals surface area contributed by atoms with E-state index in [2.05, 4.69) is 35.9 Å². The number of imidazole rings is 2. The van der Waals surface area contributed by atoms with Crippen molar-refractivity contribution in [3.63, 3.8) is 0 Å². The zero-order chi connectivity index (χ0) is 17.4. The standard InChI is InChI=1S/C19H23N5O/c1-3-17-20-8-10-23(17)12-18(25)24-9-4-5-16(24)19-21-14-7-6-13(2)11-15(14)22-19/h6-8,10-11,16H,3-5,9,12H2,1-2H3,(H,21,22)/t16-/m1/s1. The maximum atomic E-state index is 12.9. The van der Waals surface area contributed by atoms with Gasteiger partial charge in [0.05, 0.1) is 17.1 Å². The number of nitrogens with one attached hydrogen (secondary N) is 1. The summed E-state index contributed by atoms with van der Waals surface area (Å²) in [5, 5.41) is 0. The number of carbonyl (C=O) groups is 1. The quantitative estimate of drug-likeness (QED) is 0.796. The Hall–Kier alpha value is -2.63. The molecule has 1 amide bonds. The number of amides is 1. The summed E-state index contributed by atoms with van der Waals surface area (Å²) >= 11 is 0. The van der Waals surface area contributed by atoms with Crippen molar-refractivity contribution in [3.8, 4) is 0 Å². The van der Waals surface area contributed by atoms with E-state index < -0.39 is 0 Å². The third-order valence-electron chi connectivity index (χ3n) is 4.97. The molecule has 0 aliphatic carbocycles. The lowest BCUT2D eigenvalue weighted by Crippen LogP contribution is -2.34. The van der Waals surface area contributed by atoms with Crippen LogP contribution in [0, 0.1) is 6.92 Å². The van der Waals surface area contributed by atoms with Gasteiger partial charge in [-0.15, -0.1) is 0 Å². The molecule has 6 heteroatoms. The average molecular weight is 337 g/mol. The Morgan fingerprint density at radius 3 is 3.12 bits per heavy atom. The molecule has 0 saturated carbocycles. The minimum Gasteiger partial charge on any atom is -0.340 e. The number of H-pyrrole nitrogens is 1. The van der Waals surface area contributed by atoms with Crippen LogP contribution in [-0.2, 0) is 17.8 Å². The molecule has 1 fully saturated rings. The van der Waals surface area contributed by atoms with Crippen molar-refractivity contribution in [1.29, 1.82) is 0 Å². The number of carbonyl (C=O) groups excluding carboxylic acids is 1. The van der Waals surface area contributed by atoms with E-state index in [1.807, 2.05) is 21.7 Å². The number of nitrogens with zero attached hydrogens (tertiary/aromatic N) is 4. The number of aromatic nitrogens is 4. The van der Waals surface area contributed by atoms with E-state index in [4.69, 9.17) is 4.98 Å². The second-order valence-electron chi connectivity index (χ2n) is 6.71. The van der Waals surface area contributed by atoms with Gasteiger partial charge in [0, 0.05) is 25.4 Å². The average Bonchev–Trinajstić information content (AvgIpc) is 3.32. The smallest absolute Gasteiger partial charge is 0.243 e. The number of benzene rings is 1. The van der Waals surface area contributed by atoms with Crippen molar-refractivity contribution in [2.75, 3.05) is 6.54 Å². The molecule has 25 heavy (non-hydrogen) atoms. The van der Waals surface area contributed by atoms with E-state index >= 15 is 0 Å². The Bertz CT molecular complexity index is 910. The highest BCUT2D eigenvalue weighted by atomic mass is 16.2. The van der Waals surface area contributed by atoms with E-state index in [-0.39, 0.29) is 11.9 Å². The molecule has 3 aromatic rings. The molecule has 6 nitrogen and oxygen atoms in total. The molecule has 0 unspecified atom stereocenters. The van der Waals surface area contributed by atoms with Crippen LogP contribution < -0.4 is 0 Å². The van der Waals surface area contributed by atoms with Crippen molar-refractivity contribution in [2.45, 2.75) is 45.7 Å². The van der Waals surface area contributed by atoms with Gasteiger partial charge in [0.15, 0.2) is 0 Å². The molecule has 1 aliphatic rings. The first-order valence-corrected chi connectivity index (χ1v) is 8.91. The molecule has 1 N–H and O–H groups in total. The van der Waals surface area contributed by atoms with Crippen LogP contribution in [-0.4, -0.2) is 36.9 Å². The number of aromatic amines is 1. The van der Waals surface area contributed by atoms with Gasteiger partial charge in [-0.3, -0.25) is 4.79 Å². The van der Waals surface area contributed by atoms with Crippen LogP contribution >= 0.6 is 0 Å². The van der Waals surface area contributed by atoms with E-state index in [1.165, 1.54) is 5.56 Å². The van der Waals surface area contributed by atoms with Crippen LogP contribution in [0.3, 0.4) is 0 Å². The lowest BCUT2D eigenvalue weighted by Gasteiger charge is -2.23. The molecule has 130 valence electrons. The SMILES string of the molecule is CCc1nccn1CC(=O)N1CCC[C@@H]1c1nc2ccc(C)cc2[nH]1. The Morgan fingerprint density at radius 1 is 1.40 bits per heavy atom. The fourth-order valence-corrected chi connectivity index (χ4v) is 3.69. The van der Waals surface area contributed by atoms with Gasteiger partial charge < -0.3 is 14.5 Å². The first-order chi connectivity index (χ1) is 12.2. The summed E-state index contributed by atoms with van der Waals surface area (Å²) in [5.41, 5.74) is 3.20. The molecular weight excluding hydrogens is 314 g/mol.